The monoisotopic (exact) mass is 411 g/mol. The molecule has 0 radical (unpaired) electrons. The molecule has 7 nitrogen and oxygen atoms in total. The van der Waals surface area contributed by atoms with E-state index in [2.05, 4.69) is 51.1 Å². The van der Waals surface area contributed by atoms with Gasteiger partial charge in [-0.25, -0.2) is 0 Å². The average Bonchev–Trinajstić information content (AvgIpc) is 3.02. The fourth-order valence-corrected chi connectivity index (χ4v) is 4.02. The summed E-state index contributed by atoms with van der Waals surface area (Å²) in [5.74, 6) is 0.625. The number of rotatable bonds is 6. The van der Waals surface area contributed by atoms with Crippen LogP contribution in [-0.4, -0.2) is 53.4 Å². The van der Waals surface area contributed by atoms with E-state index in [1.165, 1.54) is 11.1 Å². The lowest BCUT2D eigenvalue weighted by atomic mass is 9.98. The molecule has 0 bridgehead atoms. The molecule has 162 valence electrons. The normalized spacial score (nSPS) is 17.1. The molecule has 0 aliphatic carbocycles. The maximum Gasteiger partial charge on any atom is 0.310 e. The van der Waals surface area contributed by atoms with E-state index in [0.717, 1.165) is 43.3 Å². The van der Waals surface area contributed by atoms with Crippen LogP contribution in [0.15, 0.2) is 35.3 Å². The number of nitrogens with one attached hydrogen (secondary N) is 1. The summed E-state index contributed by atoms with van der Waals surface area (Å²) in [4.78, 5) is 18.8. The van der Waals surface area contributed by atoms with Crippen molar-refractivity contribution >= 4 is 11.9 Å². The minimum absolute atomic E-state index is 0.0886. The molecule has 2 heterocycles. The van der Waals surface area contributed by atoms with E-state index in [1.807, 2.05) is 19.9 Å². The van der Waals surface area contributed by atoms with Gasteiger partial charge in [0.25, 0.3) is 0 Å². The zero-order valence-corrected chi connectivity index (χ0v) is 18.5. The number of likely N-dealkylation sites (tertiary alicyclic amines) is 1. The average molecular weight is 412 g/mol. The third-order valence-electron chi connectivity index (χ3n) is 5.68. The number of aromatic nitrogens is 2. The third-order valence-corrected chi connectivity index (χ3v) is 5.68. The van der Waals surface area contributed by atoms with E-state index < -0.39 is 0 Å². The summed E-state index contributed by atoms with van der Waals surface area (Å²) in [6, 6.07) is 10.4. The van der Waals surface area contributed by atoms with Crippen LogP contribution in [-0.2, 0) is 22.6 Å². The molecule has 7 heteroatoms. The van der Waals surface area contributed by atoms with Gasteiger partial charge in [0.1, 0.15) is 0 Å². The summed E-state index contributed by atoms with van der Waals surface area (Å²) in [7, 11) is 1.79. The Morgan fingerprint density at radius 1 is 1.30 bits per heavy atom. The van der Waals surface area contributed by atoms with Crippen molar-refractivity contribution in [2.75, 3.05) is 26.7 Å². The minimum atomic E-state index is -0.105. The zero-order chi connectivity index (χ0) is 21.5. The van der Waals surface area contributed by atoms with E-state index in [0.29, 0.717) is 19.7 Å². The maximum absolute atomic E-state index is 12.2. The number of hydrogen-bond acceptors (Lipinski definition) is 4. The predicted molar refractivity (Wildman–Crippen MR) is 118 cm³/mol. The highest BCUT2D eigenvalue weighted by Crippen LogP contribution is 2.19. The van der Waals surface area contributed by atoms with E-state index in [1.54, 1.807) is 7.05 Å². The molecule has 1 aromatic heterocycles. The quantitative estimate of drug-likeness (QED) is 0.450. The number of aliphatic imine (C=N–C) groups is 1. The molecule has 30 heavy (non-hydrogen) atoms. The van der Waals surface area contributed by atoms with E-state index in [9.17, 15) is 4.79 Å². The summed E-state index contributed by atoms with van der Waals surface area (Å²) < 4.78 is 7.28. The van der Waals surface area contributed by atoms with Gasteiger partial charge in [-0.15, -0.1) is 0 Å². The molecule has 1 saturated heterocycles. The van der Waals surface area contributed by atoms with Crippen molar-refractivity contribution in [3.63, 3.8) is 0 Å². The molecule has 1 aliphatic heterocycles. The van der Waals surface area contributed by atoms with Gasteiger partial charge in [0, 0.05) is 37.9 Å². The van der Waals surface area contributed by atoms with Crippen LogP contribution in [0.3, 0.4) is 0 Å². The Balaban J connectivity index is 1.64. The van der Waals surface area contributed by atoms with Crippen molar-refractivity contribution in [3.05, 3.63) is 52.8 Å². The molecule has 1 fully saturated rings. The highest BCUT2D eigenvalue weighted by atomic mass is 16.5. The number of aryl methyl sites for hydroxylation is 1. The number of piperidine rings is 1. The second-order valence-corrected chi connectivity index (χ2v) is 7.73. The Morgan fingerprint density at radius 2 is 2.07 bits per heavy atom. The standard InChI is InChI=1S/C23H33N5O2/c1-5-30-22(29)20-12-9-13-27(16-20)23(24-4)25-14-21-17(2)26-28(18(21)3)15-19-10-7-6-8-11-19/h6-8,10-11,20H,5,9,12-16H2,1-4H3,(H,24,25). The Morgan fingerprint density at radius 3 is 2.77 bits per heavy atom. The summed E-state index contributed by atoms with van der Waals surface area (Å²) in [5.41, 5.74) is 4.60. The van der Waals surface area contributed by atoms with Crippen LogP contribution in [0.2, 0.25) is 0 Å². The number of benzene rings is 1. The number of esters is 1. The lowest BCUT2D eigenvalue weighted by Gasteiger charge is -2.34. The number of carbonyl (C=O) groups excluding carboxylic acids is 1. The molecule has 1 aromatic carbocycles. The van der Waals surface area contributed by atoms with Gasteiger partial charge in [0.05, 0.1) is 24.8 Å². The minimum Gasteiger partial charge on any atom is -0.466 e. The molecule has 2 aromatic rings. The Kier molecular flexibility index (Phi) is 7.49. The molecule has 1 unspecified atom stereocenters. The first kappa shape index (κ1) is 21.9. The Bertz CT molecular complexity index is 875. The van der Waals surface area contributed by atoms with Crippen LogP contribution in [0.4, 0.5) is 0 Å². The number of nitrogens with zero attached hydrogens (tertiary/aromatic N) is 4. The highest BCUT2D eigenvalue weighted by molar-refractivity contribution is 5.81. The van der Waals surface area contributed by atoms with Crippen LogP contribution >= 0.6 is 0 Å². The van der Waals surface area contributed by atoms with Crippen LogP contribution in [0.1, 0.15) is 42.3 Å². The van der Waals surface area contributed by atoms with Gasteiger partial charge < -0.3 is 15.0 Å². The third kappa shape index (κ3) is 5.20. The predicted octanol–water partition coefficient (Wildman–Crippen LogP) is 2.90. The van der Waals surface area contributed by atoms with E-state index in [-0.39, 0.29) is 11.9 Å². The molecule has 0 saturated carbocycles. The molecule has 1 aliphatic rings. The number of ether oxygens (including phenoxy) is 1. The van der Waals surface area contributed by atoms with Gasteiger partial charge in [0.15, 0.2) is 5.96 Å². The first-order chi connectivity index (χ1) is 14.5. The van der Waals surface area contributed by atoms with Gasteiger partial charge in [-0.1, -0.05) is 30.3 Å². The van der Waals surface area contributed by atoms with Gasteiger partial charge in [-0.2, -0.15) is 5.10 Å². The van der Waals surface area contributed by atoms with Crippen molar-refractivity contribution in [2.45, 2.75) is 46.7 Å². The van der Waals surface area contributed by atoms with Crippen molar-refractivity contribution in [2.24, 2.45) is 10.9 Å². The second-order valence-electron chi connectivity index (χ2n) is 7.73. The molecule has 0 spiro atoms. The lowest BCUT2D eigenvalue weighted by molar-refractivity contribution is -0.149. The first-order valence-electron chi connectivity index (χ1n) is 10.7. The fraction of sp³-hybridized carbons (Fsp3) is 0.522. The second kappa shape index (κ2) is 10.3. The number of guanidine groups is 1. The Labute approximate surface area is 179 Å². The molecular weight excluding hydrogens is 378 g/mol. The van der Waals surface area contributed by atoms with Crippen molar-refractivity contribution in [3.8, 4) is 0 Å². The topological polar surface area (TPSA) is 71.8 Å². The smallest absolute Gasteiger partial charge is 0.310 e. The molecular formula is C23H33N5O2. The van der Waals surface area contributed by atoms with Gasteiger partial charge in [-0.3, -0.25) is 14.5 Å². The summed E-state index contributed by atoms with van der Waals surface area (Å²) in [5, 5.41) is 8.22. The first-order valence-corrected chi connectivity index (χ1v) is 10.7. The molecule has 1 N–H and O–H groups in total. The lowest BCUT2D eigenvalue weighted by Crippen LogP contribution is -2.48. The van der Waals surface area contributed by atoms with Crippen LogP contribution in [0.5, 0.6) is 0 Å². The van der Waals surface area contributed by atoms with Gasteiger partial charge in [0.2, 0.25) is 0 Å². The number of carbonyl (C=O) groups is 1. The molecule has 3 rings (SSSR count). The zero-order valence-electron chi connectivity index (χ0n) is 18.5. The van der Waals surface area contributed by atoms with Crippen molar-refractivity contribution in [1.29, 1.82) is 0 Å². The maximum atomic E-state index is 12.2. The largest absolute Gasteiger partial charge is 0.466 e. The highest BCUT2D eigenvalue weighted by Gasteiger charge is 2.28. The molecule has 1 atom stereocenters. The summed E-state index contributed by atoms with van der Waals surface area (Å²) in [6.45, 7) is 9.38. The van der Waals surface area contributed by atoms with E-state index >= 15 is 0 Å². The van der Waals surface area contributed by atoms with Crippen LogP contribution < -0.4 is 5.32 Å². The van der Waals surface area contributed by atoms with Crippen LogP contribution in [0, 0.1) is 19.8 Å². The van der Waals surface area contributed by atoms with Gasteiger partial charge in [-0.05, 0) is 39.2 Å². The van der Waals surface area contributed by atoms with Crippen molar-refractivity contribution in [1.82, 2.24) is 20.0 Å². The van der Waals surface area contributed by atoms with Gasteiger partial charge >= 0.3 is 5.97 Å². The Hall–Kier alpha value is -2.83. The molecule has 0 amide bonds. The summed E-state index contributed by atoms with van der Waals surface area (Å²) in [6.07, 6.45) is 1.83. The number of hydrogen-bond donors (Lipinski definition) is 1. The van der Waals surface area contributed by atoms with Crippen LogP contribution in [0.25, 0.3) is 0 Å². The summed E-state index contributed by atoms with van der Waals surface area (Å²) >= 11 is 0. The van der Waals surface area contributed by atoms with Crippen molar-refractivity contribution < 1.29 is 9.53 Å². The fourth-order valence-electron chi connectivity index (χ4n) is 4.02. The SMILES string of the molecule is CCOC(=O)C1CCCN(C(=NC)NCc2c(C)nn(Cc3ccccc3)c2C)C1. The van der Waals surface area contributed by atoms with E-state index in [4.69, 9.17) is 9.84 Å².